The van der Waals surface area contributed by atoms with Gasteiger partial charge in [-0.3, -0.25) is 9.59 Å². The molecular formula is C49H52BIN6O8SSi. The third kappa shape index (κ3) is 10.7. The van der Waals surface area contributed by atoms with Crippen molar-refractivity contribution >= 4 is 102 Å². The van der Waals surface area contributed by atoms with Crippen LogP contribution in [0.3, 0.4) is 0 Å². The lowest BCUT2D eigenvalue weighted by atomic mass is 9.80. The van der Waals surface area contributed by atoms with Crippen molar-refractivity contribution in [2.24, 2.45) is 0 Å². The van der Waals surface area contributed by atoms with Gasteiger partial charge in [-0.1, -0.05) is 63.0 Å². The van der Waals surface area contributed by atoms with Gasteiger partial charge in [0, 0.05) is 49.9 Å². The molecule has 6 heterocycles. The van der Waals surface area contributed by atoms with Crippen molar-refractivity contribution in [3.05, 3.63) is 156 Å². The molecule has 4 N–H and O–H groups in total. The first-order valence-corrected chi connectivity index (χ1v) is 27.7. The number of benzene rings is 3. The van der Waals surface area contributed by atoms with Crippen LogP contribution in [0.15, 0.2) is 124 Å². The summed E-state index contributed by atoms with van der Waals surface area (Å²) in [6, 6.07) is 25.4. The summed E-state index contributed by atoms with van der Waals surface area (Å²) >= 11 is 2.28. The second kappa shape index (κ2) is 20.0. The highest BCUT2D eigenvalue weighted by molar-refractivity contribution is 14.1. The molecule has 67 heavy (non-hydrogen) atoms. The number of aromatic amines is 2. The van der Waals surface area contributed by atoms with Gasteiger partial charge in [0.15, 0.2) is 9.84 Å². The molecule has 9 aromatic rings. The zero-order valence-electron chi connectivity index (χ0n) is 38.5. The number of nitrogens with zero attached hydrogens (tertiary/aromatic N) is 4. The second-order valence-electron chi connectivity index (χ2n) is 17.2. The fourth-order valence-corrected chi connectivity index (χ4v) is 11.1. The zero-order chi connectivity index (χ0) is 48.4. The predicted molar refractivity (Wildman–Crippen MR) is 279 cm³/mol. The minimum atomic E-state index is -3.28. The topological polar surface area (TPSA) is 194 Å². The number of ether oxygens (including phenoxy) is 2. The Labute approximate surface area is 402 Å². The highest BCUT2D eigenvalue weighted by atomic mass is 127. The molecule has 18 heteroatoms. The van der Waals surface area contributed by atoms with Gasteiger partial charge >= 0.3 is 7.12 Å². The van der Waals surface area contributed by atoms with Gasteiger partial charge in [-0.05, 0) is 118 Å². The smallest absolute Gasteiger partial charge is 0.488 e. The van der Waals surface area contributed by atoms with E-state index in [9.17, 15) is 18.0 Å². The highest BCUT2D eigenvalue weighted by Gasteiger charge is 2.25. The standard InChI is InChI=1S/C22H25N3O2Si.C19H16IN3O2.C8H11BO4S/c1-14-10-17-19-18(28(3,4)5)13-25(12-15-6-8-16(27-2)9-7-15)22(26)20(19)24-21(17)23-11-14;1-11-7-14-16-15(20)10-23(9-12-3-5-13(25-2)6-4-12)19(24)17(16)22-18(14)21-8-11;1-2-14(12,13)8-5-3-4-7(6-8)9(10)11/h6-11,13H,12H2,1-5H3,(H,23,24);3-8,10H,9H2,1-2H3,(H,21,22);3-6,10-11H,2H2,1H3. The van der Waals surface area contributed by atoms with E-state index >= 15 is 0 Å². The van der Waals surface area contributed by atoms with Gasteiger partial charge < -0.3 is 38.6 Å². The van der Waals surface area contributed by atoms with Crippen LogP contribution in [0, 0.1) is 17.4 Å². The van der Waals surface area contributed by atoms with Crippen LogP contribution in [-0.4, -0.2) is 82.7 Å². The summed E-state index contributed by atoms with van der Waals surface area (Å²) in [5.41, 5.74) is 7.19. The molecule has 0 aliphatic heterocycles. The third-order valence-electron chi connectivity index (χ3n) is 11.3. The molecule has 0 saturated carbocycles. The van der Waals surface area contributed by atoms with Crippen molar-refractivity contribution in [3.8, 4) is 11.5 Å². The monoisotopic (exact) mass is 1050 g/mol. The Morgan fingerprint density at radius 3 is 1.66 bits per heavy atom. The van der Waals surface area contributed by atoms with Gasteiger partial charge in [0.05, 0.1) is 46.0 Å². The molecule has 0 aliphatic carbocycles. The average Bonchev–Trinajstić information content (AvgIpc) is 3.89. The van der Waals surface area contributed by atoms with E-state index in [4.69, 9.17) is 19.5 Å². The number of halogens is 1. The molecule has 0 spiro atoms. The number of fused-ring (bicyclic) bond motifs is 6. The van der Waals surface area contributed by atoms with Gasteiger partial charge in [-0.2, -0.15) is 0 Å². The first kappa shape index (κ1) is 48.9. The first-order chi connectivity index (χ1) is 31.8. The molecule has 0 saturated heterocycles. The molecule has 3 aromatic carbocycles. The summed E-state index contributed by atoms with van der Waals surface area (Å²) in [5.74, 6) is 1.61. The van der Waals surface area contributed by atoms with E-state index in [1.54, 1.807) is 25.0 Å². The van der Waals surface area contributed by atoms with Crippen molar-refractivity contribution in [2.75, 3.05) is 20.0 Å². The van der Waals surface area contributed by atoms with Crippen LogP contribution in [0.5, 0.6) is 11.5 Å². The Balaban J connectivity index is 0.000000157. The van der Waals surface area contributed by atoms with Crippen LogP contribution in [0.2, 0.25) is 19.6 Å². The SMILES string of the molecule is CCS(=O)(=O)c1cccc(B(O)O)c1.COc1ccc(Cn2cc(I)c3c([nH]c4ncc(C)cc43)c2=O)cc1.COc1ccc(Cn2cc([Si](C)(C)C)c3c([nH]c4ncc(C)cc43)c2=O)cc1. The maximum Gasteiger partial charge on any atom is 0.488 e. The van der Waals surface area contributed by atoms with E-state index in [-0.39, 0.29) is 27.2 Å². The fraction of sp³-hybridized carbons (Fsp3) is 0.224. The number of nitrogens with one attached hydrogen (secondary N) is 2. The van der Waals surface area contributed by atoms with E-state index < -0.39 is 25.0 Å². The maximum absolute atomic E-state index is 13.3. The molecular weight excluding hydrogens is 998 g/mol. The predicted octanol–water partition coefficient (Wildman–Crippen LogP) is 6.80. The molecule has 0 amide bonds. The maximum atomic E-state index is 13.3. The summed E-state index contributed by atoms with van der Waals surface area (Å²) in [6.45, 7) is 13.5. The van der Waals surface area contributed by atoms with Gasteiger partial charge in [0.1, 0.15) is 33.8 Å². The zero-order valence-corrected chi connectivity index (χ0v) is 42.5. The lowest BCUT2D eigenvalue weighted by Crippen LogP contribution is -2.41. The van der Waals surface area contributed by atoms with Crippen molar-refractivity contribution < 1.29 is 27.9 Å². The van der Waals surface area contributed by atoms with Gasteiger partial charge in [0.2, 0.25) is 0 Å². The molecule has 0 atom stereocenters. The number of methoxy groups -OCH3 is 2. The van der Waals surface area contributed by atoms with E-state index in [1.807, 2.05) is 79.3 Å². The minimum absolute atomic E-state index is 0.00201. The van der Waals surface area contributed by atoms with Crippen LogP contribution in [0.1, 0.15) is 29.2 Å². The van der Waals surface area contributed by atoms with E-state index in [0.29, 0.717) is 24.1 Å². The van der Waals surface area contributed by atoms with Crippen molar-refractivity contribution in [1.29, 1.82) is 0 Å². The number of hydrogen-bond acceptors (Lipinski definition) is 10. The summed E-state index contributed by atoms with van der Waals surface area (Å²) in [4.78, 5) is 41.7. The number of H-pyrrole nitrogens is 2. The van der Waals surface area contributed by atoms with Crippen molar-refractivity contribution in [1.82, 2.24) is 29.1 Å². The van der Waals surface area contributed by atoms with Crippen LogP contribution < -0.4 is 31.2 Å². The van der Waals surface area contributed by atoms with Crippen molar-refractivity contribution in [3.63, 3.8) is 0 Å². The Bertz CT molecular complexity index is 3490. The van der Waals surface area contributed by atoms with Gasteiger partial charge in [-0.25, -0.2) is 18.4 Å². The molecule has 9 rings (SSSR count). The Morgan fingerprint density at radius 2 is 1.19 bits per heavy atom. The van der Waals surface area contributed by atoms with E-state index in [0.717, 1.165) is 70.2 Å². The summed E-state index contributed by atoms with van der Waals surface area (Å²) in [6.07, 6.45) is 7.62. The lowest BCUT2D eigenvalue weighted by Gasteiger charge is -2.20. The lowest BCUT2D eigenvalue weighted by molar-refractivity contribution is 0.414. The third-order valence-corrected chi connectivity index (χ3v) is 15.9. The Morgan fingerprint density at radius 1 is 0.716 bits per heavy atom. The highest BCUT2D eigenvalue weighted by Crippen LogP contribution is 2.28. The summed E-state index contributed by atoms with van der Waals surface area (Å²) in [5, 5.41) is 23.0. The number of pyridine rings is 4. The van der Waals surface area contributed by atoms with Gasteiger partial charge in [0.25, 0.3) is 11.1 Å². The van der Waals surface area contributed by atoms with Gasteiger partial charge in [-0.15, -0.1) is 0 Å². The number of rotatable bonds is 10. The first-order valence-electron chi connectivity index (χ1n) is 21.5. The molecule has 346 valence electrons. The molecule has 0 bridgehead atoms. The second-order valence-corrected chi connectivity index (χ2v) is 25.7. The minimum Gasteiger partial charge on any atom is -0.497 e. The summed E-state index contributed by atoms with van der Waals surface area (Å²) in [7, 11) is -3.33. The van der Waals surface area contributed by atoms with E-state index in [1.165, 1.54) is 36.4 Å². The largest absolute Gasteiger partial charge is 0.497 e. The average molecular weight is 1050 g/mol. The van der Waals surface area contributed by atoms with Crippen LogP contribution in [0.25, 0.3) is 43.9 Å². The van der Waals surface area contributed by atoms with Crippen LogP contribution in [0.4, 0.5) is 0 Å². The van der Waals surface area contributed by atoms with Crippen LogP contribution >= 0.6 is 22.6 Å². The number of aromatic nitrogens is 6. The number of sulfone groups is 1. The molecule has 0 aliphatic rings. The molecule has 14 nitrogen and oxygen atoms in total. The Kier molecular flexibility index (Phi) is 14.6. The Hall–Kier alpha value is -6.06. The van der Waals surface area contributed by atoms with Crippen molar-refractivity contribution in [2.45, 2.75) is 58.4 Å². The fourth-order valence-electron chi connectivity index (χ4n) is 7.72. The van der Waals surface area contributed by atoms with E-state index in [2.05, 4.69) is 80.5 Å². The normalized spacial score (nSPS) is 11.6. The molecule has 0 radical (unpaired) electrons. The summed E-state index contributed by atoms with van der Waals surface area (Å²) < 4.78 is 37.8. The molecule has 6 aromatic heterocycles. The quantitative estimate of drug-likeness (QED) is 0.0837. The molecule has 0 fully saturated rings. The molecule has 0 unspecified atom stereocenters. The van der Waals surface area contributed by atoms with Crippen LogP contribution in [-0.2, 0) is 22.9 Å². The number of aryl methyl sites for hydroxylation is 2. The number of hydrogen-bond donors (Lipinski definition) is 4.